The molecule has 0 aromatic heterocycles. The second kappa shape index (κ2) is 7.77. The molecule has 0 spiro atoms. The van der Waals surface area contributed by atoms with Crippen LogP contribution in [-0.4, -0.2) is 54.1 Å². The molecule has 0 amide bonds. The highest BCUT2D eigenvalue weighted by Crippen LogP contribution is 2.34. The van der Waals surface area contributed by atoms with Gasteiger partial charge in [0, 0.05) is 30.7 Å². The summed E-state index contributed by atoms with van der Waals surface area (Å²) >= 11 is 0. The maximum absolute atomic E-state index is 6.31. The summed E-state index contributed by atoms with van der Waals surface area (Å²) in [4.78, 5) is 5.26. The van der Waals surface area contributed by atoms with Crippen LogP contribution in [-0.2, 0) is 0 Å². The van der Waals surface area contributed by atoms with E-state index in [9.17, 15) is 0 Å². The van der Waals surface area contributed by atoms with Gasteiger partial charge in [-0.2, -0.15) is 0 Å². The van der Waals surface area contributed by atoms with Crippen molar-refractivity contribution in [3.63, 3.8) is 0 Å². The van der Waals surface area contributed by atoms with Crippen LogP contribution in [0.2, 0.25) is 0 Å². The van der Waals surface area contributed by atoms with Crippen LogP contribution in [0.1, 0.15) is 60.3 Å². The third-order valence-corrected chi connectivity index (χ3v) is 5.29. The van der Waals surface area contributed by atoms with Crippen LogP contribution in [0.3, 0.4) is 0 Å². The van der Waals surface area contributed by atoms with E-state index >= 15 is 0 Å². The first kappa shape index (κ1) is 17.9. The second-order valence-corrected chi connectivity index (χ2v) is 7.23. The van der Waals surface area contributed by atoms with E-state index in [1.165, 1.54) is 38.8 Å². The van der Waals surface area contributed by atoms with Crippen molar-refractivity contribution in [1.82, 2.24) is 9.80 Å². The van der Waals surface area contributed by atoms with Gasteiger partial charge < -0.3 is 10.6 Å². The van der Waals surface area contributed by atoms with Crippen LogP contribution in [0.15, 0.2) is 0 Å². The molecule has 0 bridgehead atoms. The zero-order chi connectivity index (χ0) is 15.3. The Balaban J connectivity index is 3.00. The Hall–Kier alpha value is -0.120. The van der Waals surface area contributed by atoms with E-state index < -0.39 is 0 Å². The van der Waals surface area contributed by atoms with Crippen LogP contribution in [0.25, 0.3) is 0 Å². The lowest BCUT2D eigenvalue weighted by molar-refractivity contribution is -0.0258. The van der Waals surface area contributed by atoms with E-state index in [2.05, 4.69) is 51.5 Å². The zero-order valence-corrected chi connectivity index (χ0v) is 14.7. The van der Waals surface area contributed by atoms with Gasteiger partial charge in [-0.3, -0.25) is 4.90 Å². The molecule has 1 aliphatic heterocycles. The van der Waals surface area contributed by atoms with Gasteiger partial charge in [-0.25, -0.2) is 0 Å². The first-order valence-corrected chi connectivity index (χ1v) is 8.57. The molecule has 0 aromatic rings. The molecule has 2 N–H and O–H groups in total. The molecule has 0 aromatic carbocycles. The minimum absolute atomic E-state index is 0.215. The molecular formula is C17H37N3. The fourth-order valence-electron chi connectivity index (χ4n) is 3.83. The maximum atomic E-state index is 6.31. The quantitative estimate of drug-likeness (QED) is 0.780. The highest BCUT2D eigenvalue weighted by atomic mass is 15.3. The number of nitrogens with zero attached hydrogens (tertiary/aromatic N) is 2. The predicted molar refractivity (Wildman–Crippen MR) is 89.0 cm³/mol. The van der Waals surface area contributed by atoms with Gasteiger partial charge in [0.2, 0.25) is 0 Å². The molecule has 20 heavy (non-hydrogen) atoms. The van der Waals surface area contributed by atoms with Gasteiger partial charge in [0.05, 0.1) is 0 Å². The number of nitrogens with two attached hydrogens (primary N) is 1. The lowest BCUT2D eigenvalue weighted by atomic mass is 9.80. The van der Waals surface area contributed by atoms with E-state index in [0.717, 1.165) is 6.54 Å². The smallest absolute Gasteiger partial charge is 0.0361 e. The summed E-state index contributed by atoms with van der Waals surface area (Å²) in [5, 5.41) is 0. The van der Waals surface area contributed by atoms with Gasteiger partial charge in [-0.05, 0) is 52.1 Å². The van der Waals surface area contributed by atoms with E-state index in [4.69, 9.17) is 5.73 Å². The fourth-order valence-corrected chi connectivity index (χ4v) is 3.83. The Bertz CT molecular complexity index is 275. The average Bonchev–Trinajstić information content (AvgIpc) is 2.42. The third-order valence-electron chi connectivity index (χ3n) is 5.29. The van der Waals surface area contributed by atoms with Crippen molar-refractivity contribution >= 4 is 0 Å². The molecule has 1 aliphatic rings. The van der Waals surface area contributed by atoms with Crippen molar-refractivity contribution in [2.45, 2.75) is 77.9 Å². The molecule has 2 unspecified atom stereocenters. The van der Waals surface area contributed by atoms with E-state index in [1.807, 2.05) is 0 Å². The number of hydrogen-bond donors (Lipinski definition) is 1. The van der Waals surface area contributed by atoms with E-state index in [1.54, 1.807) is 0 Å². The number of piperidine rings is 1. The van der Waals surface area contributed by atoms with Crippen LogP contribution >= 0.6 is 0 Å². The van der Waals surface area contributed by atoms with Crippen LogP contribution < -0.4 is 5.73 Å². The number of hydrogen-bond acceptors (Lipinski definition) is 3. The summed E-state index contributed by atoms with van der Waals surface area (Å²) in [6.45, 7) is 14.8. The molecule has 1 saturated heterocycles. The molecule has 1 heterocycles. The Kier molecular flexibility index (Phi) is 6.96. The van der Waals surface area contributed by atoms with Crippen molar-refractivity contribution in [2.24, 2.45) is 11.7 Å². The van der Waals surface area contributed by atoms with E-state index in [0.29, 0.717) is 18.0 Å². The number of likely N-dealkylation sites (tertiary alicyclic amines) is 1. The Morgan fingerprint density at radius 3 is 2.30 bits per heavy atom. The van der Waals surface area contributed by atoms with Gasteiger partial charge in [-0.1, -0.05) is 27.7 Å². The lowest BCUT2D eigenvalue weighted by Gasteiger charge is -2.53. The molecule has 0 aliphatic carbocycles. The summed E-state index contributed by atoms with van der Waals surface area (Å²) in [5.74, 6) is 0.703. The van der Waals surface area contributed by atoms with Crippen molar-refractivity contribution in [3.05, 3.63) is 0 Å². The lowest BCUT2D eigenvalue weighted by Crippen LogP contribution is -2.64. The van der Waals surface area contributed by atoms with Crippen molar-refractivity contribution in [3.8, 4) is 0 Å². The highest BCUT2D eigenvalue weighted by molar-refractivity contribution is 5.00. The SMILES string of the molecule is CCC(CC)N(CC(C)C)C1(CN)CCN(C)C(C)C1. The molecule has 3 nitrogen and oxygen atoms in total. The van der Waals surface area contributed by atoms with Crippen molar-refractivity contribution in [2.75, 3.05) is 26.7 Å². The highest BCUT2D eigenvalue weighted by Gasteiger charge is 2.42. The normalized spacial score (nSPS) is 28.8. The molecule has 1 rings (SSSR count). The van der Waals surface area contributed by atoms with Gasteiger partial charge in [0.15, 0.2) is 0 Å². The van der Waals surface area contributed by atoms with Crippen LogP contribution in [0, 0.1) is 5.92 Å². The first-order chi connectivity index (χ1) is 9.40. The number of rotatable bonds is 7. The molecule has 3 heteroatoms. The molecule has 0 radical (unpaired) electrons. The molecule has 0 saturated carbocycles. The second-order valence-electron chi connectivity index (χ2n) is 7.23. The Morgan fingerprint density at radius 2 is 1.90 bits per heavy atom. The third kappa shape index (κ3) is 3.96. The van der Waals surface area contributed by atoms with Crippen molar-refractivity contribution < 1.29 is 0 Å². The monoisotopic (exact) mass is 283 g/mol. The summed E-state index contributed by atoms with van der Waals surface area (Å²) in [5.41, 5.74) is 6.52. The molecule has 1 fully saturated rings. The topological polar surface area (TPSA) is 32.5 Å². The van der Waals surface area contributed by atoms with Crippen LogP contribution in [0.4, 0.5) is 0 Å². The predicted octanol–water partition coefficient (Wildman–Crippen LogP) is 2.94. The summed E-state index contributed by atoms with van der Waals surface area (Å²) in [6, 6.07) is 1.31. The Labute approximate surface area is 126 Å². The van der Waals surface area contributed by atoms with Gasteiger partial charge in [0.1, 0.15) is 0 Å². The average molecular weight is 284 g/mol. The Morgan fingerprint density at radius 1 is 1.30 bits per heavy atom. The zero-order valence-electron chi connectivity index (χ0n) is 14.7. The minimum Gasteiger partial charge on any atom is -0.329 e. The van der Waals surface area contributed by atoms with Gasteiger partial charge in [-0.15, -0.1) is 0 Å². The largest absolute Gasteiger partial charge is 0.329 e. The minimum atomic E-state index is 0.215. The molecular weight excluding hydrogens is 246 g/mol. The van der Waals surface area contributed by atoms with E-state index in [-0.39, 0.29) is 5.54 Å². The van der Waals surface area contributed by atoms with Gasteiger partial charge >= 0.3 is 0 Å². The standard InChI is InChI=1S/C17H37N3/c1-7-16(8-2)20(12-14(3)4)17(13-18)9-10-19(6)15(5)11-17/h14-16H,7-13,18H2,1-6H3. The fraction of sp³-hybridized carbons (Fsp3) is 1.00. The summed E-state index contributed by atoms with van der Waals surface area (Å²) in [7, 11) is 2.25. The van der Waals surface area contributed by atoms with Crippen molar-refractivity contribution in [1.29, 1.82) is 0 Å². The molecule has 120 valence electrons. The van der Waals surface area contributed by atoms with Crippen LogP contribution in [0.5, 0.6) is 0 Å². The summed E-state index contributed by atoms with van der Waals surface area (Å²) in [6.07, 6.45) is 4.89. The first-order valence-electron chi connectivity index (χ1n) is 8.57. The van der Waals surface area contributed by atoms with Gasteiger partial charge in [0.25, 0.3) is 0 Å². The summed E-state index contributed by atoms with van der Waals surface area (Å²) < 4.78 is 0. The molecule has 2 atom stereocenters. The maximum Gasteiger partial charge on any atom is 0.0361 e.